The summed E-state index contributed by atoms with van der Waals surface area (Å²) in [6.45, 7) is 0. The number of nitrogens with zero attached hydrogens (tertiary/aromatic N) is 2. The molecule has 0 atom stereocenters. The van der Waals surface area contributed by atoms with E-state index in [4.69, 9.17) is 16.9 Å². The third-order valence-corrected chi connectivity index (χ3v) is 2.01. The Morgan fingerprint density at radius 2 is 2.19 bits per heavy atom. The minimum Gasteiger partial charge on any atom is -0.298 e. The number of nitro groups is 1. The van der Waals surface area contributed by atoms with E-state index >= 15 is 0 Å². The van der Waals surface area contributed by atoms with Gasteiger partial charge in [0.15, 0.2) is 6.29 Å². The van der Waals surface area contributed by atoms with Crippen LogP contribution in [0.5, 0.6) is 0 Å². The van der Waals surface area contributed by atoms with E-state index in [9.17, 15) is 19.7 Å². The number of nitro benzene ring substituents is 1. The van der Waals surface area contributed by atoms with Crippen LogP contribution in [0.4, 0.5) is 5.69 Å². The molecule has 0 aliphatic heterocycles. The van der Waals surface area contributed by atoms with Crippen molar-refractivity contribution in [3.05, 3.63) is 38.9 Å². The summed E-state index contributed by atoms with van der Waals surface area (Å²) in [5.41, 5.74) is -1.49. The van der Waals surface area contributed by atoms with Crippen LogP contribution in [0, 0.1) is 21.4 Å². The van der Waals surface area contributed by atoms with E-state index in [0.29, 0.717) is 0 Å². The Hall–Kier alpha value is -2.26. The summed E-state index contributed by atoms with van der Waals surface area (Å²) >= 11 is 5.16. The van der Waals surface area contributed by atoms with Gasteiger partial charge in [-0.25, -0.2) is 0 Å². The molecule has 0 heterocycles. The molecule has 0 aliphatic carbocycles. The lowest BCUT2D eigenvalue weighted by Crippen LogP contribution is -2.01. The van der Waals surface area contributed by atoms with Crippen molar-refractivity contribution in [2.24, 2.45) is 0 Å². The molecular weight excluding hydrogens is 236 g/mol. The highest BCUT2D eigenvalue weighted by molar-refractivity contribution is 6.67. The van der Waals surface area contributed by atoms with Crippen molar-refractivity contribution < 1.29 is 14.5 Å². The summed E-state index contributed by atoms with van der Waals surface area (Å²) in [5.74, 6) is 0. The molecule has 6 nitrogen and oxygen atoms in total. The number of rotatable bonds is 3. The third kappa shape index (κ3) is 2.04. The molecule has 0 N–H and O–H groups in total. The minimum atomic E-state index is -0.894. The molecule has 0 saturated heterocycles. The molecule has 80 valence electrons. The van der Waals surface area contributed by atoms with Crippen molar-refractivity contribution in [3.8, 4) is 6.07 Å². The Balaban J connectivity index is 3.63. The fourth-order valence-corrected chi connectivity index (χ4v) is 1.26. The van der Waals surface area contributed by atoms with Gasteiger partial charge in [-0.1, -0.05) is 0 Å². The molecule has 0 aromatic heterocycles. The summed E-state index contributed by atoms with van der Waals surface area (Å²) in [6, 6.07) is 3.48. The maximum atomic E-state index is 10.8. The van der Waals surface area contributed by atoms with E-state index in [0.717, 1.165) is 12.1 Å². The zero-order valence-corrected chi connectivity index (χ0v) is 8.39. The molecule has 0 aliphatic rings. The second-order valence-electron chi connectivity index (χ2n) is 2.72. The predicted molar refractivity (Wildman–Crippen MR) is 53.4 cm³/mol. The SMILES string of the molecule is N#Cc1cc(C(=O)Cl)cc(C=O)c1[N+](=O)[O-]. The van der Waals surface area contributed by atoms with Crippen LogP contribution in [0.15, 0.2) is 12.1 Å². The molecule has 0 radical (unpaired) electrons. The van der Waals surface area contributed by atoms with Crippen LogP contribution in [-0.4, -0.2) is 16.5 Å². The largest absolute Gasteiger partial charge is 0.298 e. The average molecular weight is 239 g/mol. The number of nitriles is 1. The molecule has 0 spiro atoms. The average Bonchev–Trinajstić information content (AvgIpc) is 2.26. The van der Waals surface area contributed by atoms with Gasteiger partial charge in [-0.15, -0.1) is 0 Å². The number of halogens is 1. The van der Waals surface area contributed by atoms with Gasteiger partial charge >= 0.3 is 0 Å². The molecule has 16 heavy (non-hydrogen) atoms. The number of carbonyl (C=O) groups is 2. The van der Waals surface area contributed by atoms with Gasteiger partial charge in [0.05, 0.1) is 10.5 Å². The number of carbonyl (C=O) groups excluding carboxylic acids is 2. The summed E-state index contributed by atoms with van der Waals surface area (Å²) in [7, 11) is 0. The van der Waals surface area contributed by atoms with Gasteiger partial charge in [0.25, 0.3) is 10.9 Å². The van der Waals surface area contributed by atoms with Crippen LogP contribution in [-0.2, 0) is 0 Å². The zero-order valence-electron chi connectivity index (χ0n) is 7.64. The maximum absolute atomic E-state index is 10.8. The van der Waals surface area contributed by atoms with Crippen LogP contribution in [0.2, 0.25) is 0 Å². The lowest BCUT2D eigenvalue weighted by Gasteiger charge is -2.00. The van der Waals surface area contributed by atoms with Crippen LogP contribution in [0.25, 0.3) is 0 Å². The van der Waals surface area contributed by atoms with Crippen LogP contribution in [0.1, 0.15) is 26.3 Å². The summed E-state index contributed by atoms with van der Waals surface area (Å²) in [5, 5.41) is 18.4. The molecule has 0 fully saturated rings. The van der Waals surface area contributed by atoms with Gasteiger partial charge < -0.3 is 0 Å². The molecule has 1 aromatic carbocycles. The summed E-state index contributed by atoms with van der Waals surface area (Å²) in [6.07, 6.45) is 0.197. The first-order chi connectivity index (χ1) is 7.51. The number of benzene rings is 1. The number of aldehydes is 1. The van der Waals surface area contributed by atoms with Crippen molar-refractivity contribution >= 4 is 28.8 Å². The maximum Gasteiger partial charge on any atom is 0.297 e. The van der Waals surface area contributed by atoms with Gasteiger partial charge in [-0.2, -0.15) is 5.26 Å². The first kappa shape index (κ1) is 11.8. The van der Waals surface area contributed by atoms with Crippen LogP contribution in [0.3, 0.4) is 0 Å². The number of hydrogen-bond acceptors (Lipinski definition) is 5. The van der Waals surface area contributed by atoms with Crippen molar-refractivity contribution in [1.82, 2.24) is 0 Å². The predicted octanol–water partition coefficient (Wildman–Crippen LogP) is 1.66. The lowest BCUT2D eigenvalue weighted by molar-refractivity contribution is -0.385. The Morgan fingerprint density at radius 3 is 2.56 bits per heavy atom. The Labute approximate surface area is 94.2 Å². The quantitative estimate of drug-likeness (QED) is 0.345. The monoisotopic (exact) mass is 238 g/mol. The lowest BCUT2D eigenvalue weighted by atomic mass is 10.0. The van der Waals surface area contributed by atoms with E-state index in [-0.39, 0.29) is 23.0 Å². The number of hydrogen-bond donors (Lipinski definition) is 0. The Kier molecular flexibility index (Phi) is 3.33. The highest BCUT2D eigenvalue weighted by atomic mass is 35.5. The molecular formula is C9H3ClN2O4. The molecule has 1 aromatic rings. The van der Waals surface area contributed by atoms with Gasteiger partial charge in [-0.3, -0.25) is 19.7 Å². The van der Waals surface area contributed by atoms with Gasteiger partial charge in [0, 0.05) is 5.56 Å². The topological polar surface area (TPSA) is 101 Å². The standard InChI is InChI=1S/C9H3ClN2O4/c10-9(14)5-1-6(3-11)8(12(15)16)7(2-5)4-13/h1-2,4H. The van der Waals surface area contributed by atoms with Crippen molar-refractivity contribution in [3.63, 3.8) is 0 Å². The summed E-state index contributed by atoms with van der Waals surface area (Å²) in [4.78, 5) is 31.2. The van der Waals surface area contributed by atoms with E-state index in [1.807, 2.05) is 0 Å². The minimum absolute atomic E-state index is 0.133. The fraction of sp³-hybridized carbons (Fsp3) is 0. The smallest absolute Gasteiger partial charge is 0.297 e. The Morgan fingerprint density at radius 1 is 1.56 bits per heavy atom. The molecule has 7 heteroatoms. The second-order valence-corrected chi connectivity index (χ2v) is 3.07. The first-order valence-corrected chi connectivity index (χ1v) is 4.26. The van der Waals surface area contributed by atoms with E-state index < -0.39 is 15.9 Å². The molecule has 0 bridgehead atoms. The molecule has 0 unspecified atom stereocenters. The van der Waals surface area contributed by atoms with Crippen molar-refractivity contribution in [2.45, 2.75) is 0 Å². The van der Waals surface area contributed by atoms with Gasteiger partial charge in [0.2, 0.25) is 0 Å². The van der Waals surface area contributed by atoms with Gasteiger partial charge in [-0.05, 0) is 23.7 Å². The molecule has 0 amide bonds. The first-order valence-electron chi connectivity index (χ1n) is 3.88. The van der Waals surface area contributed by atoms with Gasteiger partial charge in [0.1, 0.15) is 11.6 Å². The van der Waals surface area contributed by atoms with E-state index in [2.05, 4.69) is 0 Å². The van der Waals surface area contributed by atoms with Crippen LogP contribution >= 0.6 is 11.6 Å². The fourth-order valence-electron chi connectivity index (χ4n) is 1.15. The van der Waals surface area contributed by atoms with Crippen LogP contribution < -0.4 is 0 Å². The molecule has 0 saturated carbocycles. The zero-order chi connectivity index (χ0) is 12.3. The third-order valence-electron chi connectivity index (χ3n) is 1.80. The normalized spacial score (nSPS) is 9.25. The van der Waals surface area contributed by atoms with E-state index in [1.54, 1.807) is 0 Å². The van der Waals surface area contributed by atoms with Crippen molar-refractivity contribution in [2.75, 3.05) is 0 Å². The Bertz CT molecular complexity index is 533. The second kappa shape index (κ2) is 4.51. The molecule has 1 rings (SSSR count). The highest BCUT2D eigenvalue weighted by Crippen LogP contribution is 2.24. The highest BCUT2D eigenvalue weighted by Gasteiger charge is 2.22. The van der Waals surface area contributed by atoms with Crippen molar-refractivity contribution in [1.29, 1.82) is 5.26 Å². The summed E-state index contributed by atoms with van der Waals surface area (Å²) < 4.78 is 0. The van der Waals surface area contributed by atoms with E-state index in [1.165, 1.54) is 6.07 Å².